The maximum absolute atomic E-state index is 12.2. The van der Waals surface area contributed by atoms with Gasteiger partial charge in [0.15, 0.2) is 0 Å². The first-order chi connectivity index (χ1) is 9.71. The Kier molecular flexibility index (Phi) is 7.54. The third-order valence-electron chi connectivity index (χ3n) is 3.78. The van der Waals surface area contributed by atoms with E-state index in [2.05, 4.69) is 10.3 Å². The highest BCUT2D eigenvalue weighted by Gasteiger charge is 2.29. The van der Waals surface area contributed by atoms with Crippen LogP contribution in [0.3, 0.4) is 0 Å². The number of para-hydroxylation sites is 2. The fourth-order valence-electron chi connectivity index (χ4n) is 2.31. The van der Waals surface area contributed by atoms with Crippen LogP contribution in [0.25, 0.3) is 11.0 Å². The van der Waals surface area contributed by atoms with Gasteiger partial charge >= 0.3 is 0 Å². The average Bonchev–Trinajstić information content (AvgIpc) is 2.75. The largest absolute Gasteiger partial charge is 0.345 e. The van der Waals surface area contributed by atoms with Gasteiger partial charge in [0.1, 0.15) is 5.82 Å². The third-order valence-corrected chi connectivity index (χ3v) is 3.78. The van der Waals surface area contributed by atoms with Crippen LogP contribution in [-0.2, 0) is 11.8 Å². The highest BCUT2D eigenvalue weighted by atomic mass is 35.5. The zero-order valence-electron chi connectivity index (χ0n) is 14.2. The van der Waals surface area contributed by atoms with Gasteiger partial charge in [-0.05, 0) is 24.5 Å². The van der Waals surface area contributed by atoms with Gasteiger partial charge in [-0.2, -0.15) is 0 Å². The minimum Gasteiger partial charge on any atom is -0.345 e. The Morgan fingerprint density at radius 1 is 1.26 bits per heavy atom. The number of aromatic nitrogens is 2. The molecular formula is C16H26Cl2N4O. The first-order valence-corrected chi connectivity index (χ1v) is 7.19. The van der Waals surface area contributed by atoms with Crippen LogP contribution >= 0.6 is 24.8 Å². The minimum atomic E-state index is -0.547. The van der Waals surface area contributed by atoms with E-state index in [0.717, 1.165) is 16.9 Å². The fourth-order valence-corrected chi connectivity index (χ4v) is 2.31. The Balaban J connectivity index is 0.00000242. The van der Waals surface area contributed by atoms with E-state index in [9.17, 15) is 4.79 Å². The molecule has 23 heavy (non-hydrogen) atoms. The number of nitrogens with zero attached hydrogens (tertiary/aromatic N) is 2. The summed E-state index contributed by atoms with van der Waals surface area (Å²) in [6, 6.07) is 7.18. The van der Waals surface area contributed by atoms with Crippen LogP contribution in [0.1, 0.15) is 39.6 Å². The maximum Gasteiger partial charge on any atom is 0.238 e. The molecule has 2 rings (SSSR count). The summed E-state index contributed by atoms with van der Waals surface area (Å²) >= 11 is 0. The summed E-state index contributed by atoms with van der Waals surface area (Å²) in [6.07, 6.45) is 0. The molecule has 0 aliphatic carbocycles. The van der Waals surface area contributed by atoms with Crippen molar-refractivity contribution < 1.29 is 4.79 Å². The van der Waals surface area contributed by atoms with Crippen molar-refractivity contribution >= 4 is 41.8 Å². The Bertz CT molecular complexity index is 664. The van der Waals surface area contributed by atoms with Crippen molar-refractivity contribution in [1.82, 2.24) is 14.9 Å². The number of hydrogen-bond donors (Lipinski definition) is 2. The van der Waals surface area contributed by atoms with Gasteiger partial charge in [0, 0.05) is 7.05 Å². The summed E-state index contributed by atoms with van der Waals surface area (Å²) in [7, 11) is 1.96. The van der Waals surface area contributed by atoms with E-state index in [1.165, 1.54) is 0 Å². The number of benzene rings is 1. The molecule has 0 aliphatic heterocycles. The van der Waals surface area contributed by atoms with Crippen LogP contribution < -0.4 is 11.1 Å². The predicted octanol–water partition coefficient (Wildman–Crippen LogP) is 2.97. The van der Waals surface area contributed by atoms with E-state index in [0.29, 0.717) is 0 Å². The van der Waals surface area contributed by atoms with Crippen molar-refractivity contribution in [3.8, 4) is 0 Å². The van der Waals surface area contributed by atoms with E-state index in [1.807, 2.05) is 63.6 Å². The van der Waals surface area contributed by atoms with E-state index in [-0.39, 0.29) is 42.2 Å². The lowest BCUT2D eigenvalue weighted by atomic mass is 9.87. The minimum absolute atomic E-state index is 0. The molecular weight excluding hydrogens is 335 g/mol. The number of carbonyl (C=O) groups is 1. The molecule has 0 radical (unpaired) electrons. The summed E-state index contributed by atoms with van der Waals surface area (Å²) in [5, 5.41) is 2.96. The second kappa shape index (κ2) is 7.99. The Labute approximate surface area is 149 Å². The van der Waals surface area contributed by atoms with E-state index in [1.54, 1.807) is 0 Å². The molecule has 1 unspecified atom stereocenters. The van der Waals surface area contributed by atoms with Gasteiger partial charge in [0.2, 0.25) is 5.91 Å². The number of imidazole rings is 1. The second-order valence-electron chi connectivity index (χ2n) is 6.59. The van der Waals surface area contributed by atoms with Crippen LogP contribution in [0.2, 0.25) is 0 Å². The smallest absolute Gasteiger partial charge is 0.238 e. The lowest BCUT2D eigenvalue weighted by Crippen LogP contribution is -2.49. The van der Waals surface area contributed by atoms with Gasteiger partial charge in [-0.25, -0.2) is 4.98 Å². The molecule has 5 nitrogen and oxygen atoms in total. The predicted molar refractivity (Wildman–Crippen MR) is 99.2 cm³/mol. The number of hydrogen-bond acceptors (Lipinski definition) is 3. The van der Waals surface area contributed by atoms with Crippen molar-refractivity contribution in [1.29, 1.82) is 0 Å². The van der Waals surface area contributed by atoms with Crippen LogP contribution in [0.5, 0.6) is 0 Å². The monoisotopic (exact) mass is 360 g/mol. The molecule has 1 heterocycles. The van der Waals surface area contributed by atoms with Crippen LogP contribution in [0.15, 0.2) is 24.3 Å². The van der Waals surface area contributed by atoms with Crippen molar-refractivity contribution in [3.05, 3.63) is 30.1 Å². The number of amides is 1. The van der Waals surface area contributed by atoms with Gasteiger partial charge < -0.3 is 15.6 Å². The molecule has 1 aromatic carbocycles. The molecule has 0 bridgehead atoms. The quantitative estimate of drug-likeness (QED) is 0.883. The molecule has 0 aliphatic rings. The first-order valence-electron chi connectivity index (χ1n) is 7.19. The highest BCUT2D eigenvalue weighted by molar-refractivity contribution is 5.85. The summed E-state index contributed by atoms with van der Waals surface area (Å²) < 4.78 is 2.00. The van der Waals surface area contributed by atoms with Gasteiger partial charge in [-0.1, -0.05) is 32.9 Å². The molecule has 130 valence electrons. The Morgan fingerprint density at radius 3 is 2.35 bits per heavy atom. The average molecular weight is 361 g/mol. The van der Waals surface area contributed by atoms with Crippen molar-refractivity contribution in [2.45, 2.75) is 39.8 Å². The van der Waals surface area contributed by atoms with Gasteiger partial charge in [-0.3, -0.25) is 4.79 Å². The molecule has 2 atom stereocenters. The summed E-state index contributed by atoms with van der Waals surface area (Å²) in [6.45, 7) is 7.79. The van der Waals surface area contributed by atoms with E-state index < -0.39 is 6.04 Å². The van der Waals surface area contributed by atoms with E-state index in [4.69, 9.17) is 5.73 Å². The van der Waals surface area contributed by atoms with Crippen molar-refractivity contribution in [2.75, 3.05) is 0 Å². The lowest BCUT2D eigenvalue weighted by Gasteiger charge is -2.27. The topological polar surface area (TPSA) is 72.9 Å². The second-order valence-corrected chi connectivity index (χ2v) is 6.59. The van der Waals surface area contributed by atoms with E-state index >= 15 is 0 Å². The molecule has 1 aromatic heterocycles. The number of halogens is 2. The van der Waals surface area contributed by atoms with Crippen LogP contribution in [-0.4, -0.2) is 21.5 Å². The molecule has 0 saturated carbocycles. The molecule has 2 aromatic rings. The van der Waals surface area contributed by atoms with Crippen molar-refractivity contribution in [2.24, 2.45) is 18.2 Å². The maximum atomic E-state index is 12.2. The number of nitrogens with one attached hydrogen (secondary N) is 1. The molecule has 0 fully saturated rings. The number of aryl methyl sites for hydroxylation is 1. The number of fused-ring (bicyclic) bond motifs is 1. The lowest BCUT2D eigenvalue weighted by molar-refractivity contribution is -0.125. The number of carbonyl (C=O) groups excluding carboxylic acids is 1. The standard InChI is InChI=1S/C16H24N4O.2ClH/c1-10(18-15(21)13(17)16(2,3)4)14-19-11-8-6-7-9-12(11)20(14)5;;/h6-10,13H,17H2,1-5H3,(H,18,21);2*1H/t10?,13-;;/m1../s1. The zero-order chi connectivity index (χ0) is 15.8. The molecule has 7 heteroatoms. The Morgan fingerprint density at radius 2 is 1.83 bits per heavy atom. The first kappa shape index (κ1) is 21.7. The van der Waals surface area contributed by atoms with Crippen molar-refractivity contribution in [3.63, 3.8) is 0 Å². The third kappa shape index (κ3) is 4.59. The molecule has 3 N–H and O–H groups in total. The number of nitrogens with two attached hydrogens (primary N) is 1. The fraction of sp³-hybridized carbons (Fsp3) is 0.500. The zero-order valence-corrected chi connectivity index (χ0v) is 15.8. The van der Waals surface area contributed by atoms with Gasteiger partial charge in [-0.15, -0.1) is 24.8 Å². The summed E-state index contributed by atoms with van der Waals surface area (Å²) in [4.78, 5) is 16.8. The molecule has 1 amide bonds. The van der Waals surface area contributed by atoms with Crippen LogP contribution in [0.4, 0.5) is 0 Å². The summed E-state index contributed by atoms with van der Waals surface area (Å²) in [5.41, 5.74) is 7.70. The van der Waals surface area contributed by atoms with Gasteiger partial charge in [0.05, 0.1) is 23.1 Å². The molecule has 0 spiro atoms. The Hall–Kier alpha value is -1.30. The molecule has 0 saturated heterocycles. The SMILES string of the molecule is CC(NC(=O)[C@@H](N)C(C)(C)C)c1nc2ccccc2n1C.Cl.Cl. The number of rotatable bonds is 3. The summed E-state index contributed by atoms with van der Waals surface area (Å²) in [5.74, 6) is 0.674. The normalized spacial score (nSPS) is 13.7. The highest BCUT2D eigenvalue weighted by Crippen LogP contribution is 2.21. The van der Waals surface area contributed by atoms with Crippen LogP contribution in [0, 0.1) is 5.41 Å². The van der Waals surface area contributed by atoms with Gasteiger partial charge in [0.25, 0.3) is 0 Å².